The van der Waals surface area contributed by atoms with Gasteiger partial charge in [-0.1, -0.05) is 0 Å². The van der Waals surface area contributed by atoms with Crippen molar-refractivity contribution >= 4 is 8.63 Å². The van der Waals surface area contributed by atoms with Gasteiger partial charge in [-0.25, -0.2) is 0 Å². The van der Waals surface area contributed by atoms with Crippen LogP contribution in [0.4, 0.5) is 24.6 Å². The maximum absolute atomic E-state index is 10.8. The molecular formula is H12F6N4O3Si. The van der Waals surface area contributed by atoms with E-state index in [1.165, 1.54) is 0 Å². The summed E-state index contributed by atoms with van der Waals surface area (Å²) < 4.78 is 59.3. The van der Waals surface area contributed by atoms with Crippen LogP contribution in [-0.2, 0) is 0 Å². The van der Waals surface area contributed by atoms with E-state index in [-0.39, 0.29) is 18.5 Å². The van der Waals surface area contributed by atoms with Gasteiger partial charge in [0, 0.05) is 0 Å². The molecule has 7 nitrogen and oxygen atoms in total. The van der Waals surface area contributed by atoms with Crippen molar-refractivity contribution in [3.63, 3.8) is 0 Å². The van der Waals surface area contributed by atoms with Crippen molar-refractivity contribution in [1.29, 1.82) is 0 Å². The fourth-order valence-corrected chi connectivity index (χ4v) is 0. The summed E-state index contributed by atoms with van der Waals surface area (Å²) >= 11 is 0. The largest absolute Gasteiger partial charge is 0.369 e. The van der Waals surface area contributed by atoms with Crippen molar-refractivity contribution < 1.29 is 29.7 Å². The second-order valence-corrected chi connectivity index (χ2v) is 3.44. The number of hydrogen-bond acceptors (Lipinski definition) is 3. The zero-order valence-electron chi connectivity index (χ0n) is 7.44. The molecule has 0 saturated heterocycles. The van der Waals surface area contributed by atoms with Crippen molar-refractivity contribution in [3.8, 4) is 0 Å². The second-order valence-electron chi connectivity index (χ2n) is 1.30. The Morgan fingerprint density at radius 1 is 0.786 bits per heavy atom. The third-order valence-corrected chi connectivity index (χ3v) is 0. The monoisotopic (exact) mass is 258 g/mol. The van der Waals surface area contributed by atoms with Gasteiger partial charge in [0.2, 0.25) is 0 Å². The molecule has 0 fully saturated rings. The summed E-state index contributed by atoms with van der Waals surface area (Å²) in [5.74, 6) is 0. The predicted molar refractivity (Wildman–Crippen MR) is 40.7 cm³/mol. The van der Waals surface area contributed by atoms with Crippen LogP contribution in [0.1, 0.15) is 0 Å². The molecule has 0 aliphatic heterocycles. The third-order valence-electron chi connectivity index (χ3n) is 0. The fraction of sp³-hybridized carbons (Fsp3) is 0. The Labute approximate surface area is 73.4 Å². The van der Waals surface area contributed by atoms with E-state index in [0.29, 0.717) is 0 Å². The molecule has 0 aromatic rings. The number of quaternary nitrogens is 3. The van der Waals surface area contributed by atoms with Crippen LogP contribution >= 0.6 is 0 Å². The van der Waals surface area contributed by atoms with Gasteiger partial charge in [-0.15, -0.1) is 0 Å². The molecule has 0 rings (SSSR count). The molecule has 0 radical (unpaired) electrons. The molecule has 0 aromatic heterocycles. The maximum atomic E-state index is 9.88. The molecule has 0 spiro atoms. The first-order chi connectivity index (χ1) is 4.18. The van der Waals surface area contributed by atoms with E-state index in [2.05, 4.69) is 0 Å². The maximum Gasteiger partial charge on any atom is 0.0689 e. The van der Waals surface area contributed by atoms with Gasteiger partial charge in [0.25, 0.3) is 0 Å². The van der Waals surface area contributed by atoms with E-state index >= 15 is 0 Å². The Morgan fingerprint density at radius 3 is 0.786 bits per heavy atom. The normalized spacial score (nSPS) is 13.3. The minimum Gasteiger partial charge on any atom is -0.369 e. The molecular weight excluding hydrogens is 246 g/mol. The second kappa shape index (κ2) is 4.93. The fourth-order valence-electron chi connectivity index (χ4n) is 0. The molecule has 0 heterocycles. The number of nitrogens with zero attached hydrogens (tertiary/aromatic N) is 1. The molecule has 0 saturated carbocycles. The van der Waals surface area contributed by atoms with Gasteiger partial charge in [0.1, 0.15) is 0 Å². The van der Waals surface area contributed by atoms with Gasteiger partial charge < -0.3 is 33.8 Å². The standard InChI is InChI=1S/F6Si.NO3.3H3N/c1-7(2,3,4,5)6;2-1(3)4;;;/h;;3*1H3/q-2;-1;;;/p+3. The SMILES string of the molecule is F[Si-2](F)(F)(F)(F)F.O=[N+]([O-])[O-].[NH4+].[NH4+].[NH4+]. The number of halogens is 6. The Balaban J connectivity index is -0.0000000347. The van der Waals surface area contributed by atoms with Crippen LogP contribution in [0.2, 0.25) is 0 Å². The summed E-state index contributed by atoms with van der Waals surface area (Å²) in [7, 11) is -10.8. The third kappa shape index (κ3) is 841. The van der Waals surface area contributed by atoms with Crippen molar-refractivity contribution in [2.24, 2.45) is 0 Å². The summed E-state index contributed by atoms with van der Waals surface area (Å²) in [5.41, 5.74) is 0. The smallest absolute Gasteiger partial charge is 0.0689 e. The van der Waals surface area contributed by atoms with Crippen LogP contribution in [-0.4, -0.2) is 13.7 Å². The van der Waals surface area contributed by atoms with Gasteiger partial charge in [0.15, 0.2) is 0 Å². The Morgan fingerprint density at radius 2 is 0.786 bits per heavy atom. The summed E-state index contributed by atoms with van der Waals surface area (Å²) in [4.78, 5) is 8.25. The molecule has 0 aromatic carbocycles. The zero-order valence-corrected chi connectivity index (χ0v) is 8.44. The van der Waals surface area contributed by atoms with E-state index in [0.717, 1.165) is 0 Å². The summed E-state index contributed by atoms with van der Waals surface area (Å²) in [6.07, 6.45) is 0. The average Bonchev–Trinajstić information content (AvgIpc) is 1.11. The van der Waals surface area contributed by atoms with Crippen molar-refractivity contribution in [1.82, 2.24) is 18.5 Å². The van der Waals surface area contributed by atoms with E-state index in [4.69, 9.17) is 15.3 Å². The first-order valence-corrected chi connectivity index (χ1v) is 3.95. The minimum atomic E-state index is -10.8. The van der Waals surface area contributed by atoms with Crippen LogP contribution in [0.3, 0.4) is 0 Å². The molecule has 0 aliphatic rings. The molecule has 0 atom stereocenters. The minimum absolute atomic E-state index is 0. The average molecular weight is 258 g/mol. The van der Waals surface area contributed by atoms with E-state index in [1.54, 1.807) is 0 Å². The molecule has 14 heavy (non-hydrogen) atoms. The first kappa shape index (κ1) is 29.3. The number of hydrogen-bond donors (Lipinski definition) is 3. The van der Waals surface area contributed by atoms with E-state index in [1.807, 2.05) is 0 Å². The molecule has 14 heteroatoms. The zero-order chi connectivity index (χ0) is 9.99. The Bertz CT molecular complexity index is 143. The van der Waals surface area contributed by atoms with Gasteiger partial charge in [-0.3, -0.25) is 0 Å². The van der Waals surface area contributed by atoms with Crippen LogP contribution < -0.4 is 18.5 Å². The van der Waals surface area contributed by atoms with Crippen molar-refractivity contribution in [2.45, 2.75) is 0 Å². The molecule has 0 aliphatic carbocycles. The van der Waals surface area contributed by atoms with Gasteiger partial charge in [-0.2, -0.15) is 0 Å². The van der Waals surface area contributed by atoms with Crippen LogP contribution in [0.25, 0.3) is 0 Å². The molecule has 12 N–H and O–H groups in total. The van der Waals surface area contributed by atoms with Crippen LogP contribution in [0, 0.1) is 15.3 Å². The topological polar surface area (TPSA) is 176 Å². The summed E-state index contributed by atoms with van der Waals surface area (Å²) in [5, 5.41) is 14.8. The van der Waals surface area contributed by atoms with E-state index in [9.17, 15) is 24.6 Å². The van der Waals surface area contributed by atoms with Crippen LogP contribution in [0.15, 0.2) is 0 Å². The van der Waals surface area contributed by atoms with Gasteiger partial charge >= 0.3 is 33.3 Å². The molecule has 0 amide bonds. The summed E-state index contributed by atoms with van der Waals surface area (Å²) in [6.45, 7) is 0. The first-order valence-electron chi connectivity index (χ1n) is 1.68. The molecule has 0 unspecified atom stereocenters. The molecule has 0 bridgehead atoms. The Kier molecular flexibility index (Phi) is 10.3. The predicted octanol–water partition coefficient (Wildman–Crippen LogP) is 3.03. The van der Waals surface area contributed by atoms with Crippen LogP contribution in [0.5, 0.6) is 0 Å². The molecule has 96 valence electrons. The van der Waals surface area contributed by atoms with Gasteiger partial charge in [0.05, 0.1) is 5.09 Å². The van der Waals surface area contributed by atoms with Crippen molar-refractivity contribution in [3.05, 3.63) is 15.3 Å². The van der Waals surface area contributed by atoms with E-state index < -0.39 is 13.7 Å². The van der Waals surface area contributed by atoms with Crippen molar-refractivity contribution in [2.75, 3.05) is 0 Å². The quantitative estimate of drug-likeness (QED) is 0.199. The Hall–Kier alpha value is -1.12. The number of rotatable bonds is 0. The summed E-state index contributed by atoms with van der Waals surface area (Å²) in [6, 6.07) is 0. The van der Waals surface area contributed by atoms with Gasteiger partial charge in [-0.05, 0) is 0 Å².